The van der Waals surface area contributed by atoms with Gasteiger partial charge in [-0.15, -0.1) is 0 Å². The van der Waals surface area contributed by atoms with Crippen LogP contribution in [0.1, 0.15) is 92.4 Å². The van der Waals surface area contributed by atoms with Gasteiger partial charge in [-0.3, -0.25) is 0 Å². The zero-order chi connectivity index (χ0) is 42.6. The van der Waals surface area contributed by atoms with Crippen molar-refractivity contribution in [3.63, 3.8) is 0 Å². The lowest BCUT2D eigenvalue weighted by Gasteiger charge is -2.58. The Morgan fingerprint density at radius 2 is 1.40 bits per heavy atom. The van der Waals surface area contributed by atoms with Gasteiger partial charge in [0, 0.05) is 12.3 Å². The van der Waals surface area contributed by atoms with Crippen LogP contribution in [0.25, 0.3) is 0 Å². The van der Waals surface area contributed by atoms with Crippen LogP contribution < -0.4 is 0 Å². The van der Waals surface area contributed by atoms with Gasteiger partial charge in [-0.1, -0.05) is 39.3 Å². The Kier molecular flexibility index (Phi) is 12.2. The first-order chi connectivity index (χ1) is 28.5. The number of allylic oxidation sites excluding steroid dienone is 1. The van der Waals surface area contributed by atoms with Crippen molar-refractivity contribution in [3.8, 4) is 0 Å². The summed E-state index contributed by atoms with van der Waals surface area (Å²) in [5.74, 6) is 2.65. The average molecular weight is 855 g/mol. The highest BCUT2D eigenvalue weighted by atomic mass is 16.8. The number of aliphatic hydroxyl groups is 8. The van der Waals surface area contributed by atoms with Crippen molar-refractivity contribution in [2.24, 2.45) is 46.3 Å². The summed E-state index contributed by atoms with van der Waals surface area (Å²) in [6, 6.07) is 0. The molecule has 16 nitrogen and oxygen atoms in total. The molecule has 5 aliphatic heterocycles. The molecule has 5 heterocycles. The topological polar surface area (TPSA) is 236 Å². The third-order valence-corrected chi connectivity index (χ3v) is 17.3. The van der Waals surface area contributed by atoms with Gasteiger partial charge in [-0.2, -0.15) is 0 Å². The monoisotopic (exact) mass is 854 g/mol. The highest BCUT2D eigenvalue weighted by Crippen LogP contribution is 2.70. The quantitative estimate of drug-likeness (QED) is 0.158. The number of fused-ring (bicyclic) bond motifs is 7. The summed E-state index contributed by atoms with van der Waals surface area (Å²) in [5.41, 5.74) is 1.54. The molecule has 0 bridgehead atoms. The van der Waals surface area contributed by atoms with E-state index in [1.54, 1.807) is 0 Å². The minimum Gasteiger partial charge on any atom is -0.394 e. The smallest absolute Gasteiger partial charge is 0.187 e. The van der Waals surface area contributed by atoms with Crippen molar-refractivity contribution in [2.45, 2.75) is 196 Å². The molecule has 0 unspecified atom stereocenters. The van der Waals surface area contributed by atoms with E-state index in [2.05, 4.69) is 33.8 Å². The van der Waals surface area contributed by atoms with Crippen LogP contribution in [0.5, 0.6) is 0 Å². The van der Waals surface area contributed by atoms with Gasteiger partial charge in [0.2, 0.25) is 0 Å². The highest BCUT2D eigenvalue weighted by molar-refractivity contribution is 5.26. The molecule has 25 atom stereocenters. The van der Waals surface area contributed by atoms with Crippen molar-refractivity contribution in [2.75, 3.05) is 19.8 Å². The molecule has 8 N–H and O–H groups in total. The summed E-state index contributed by atoms with van der Waals surface area (Å²) in [7, 11) is 0. The predicted molar refractivity (Wildman–Crippen MR) is 208 cm³/mol. The lowest BCUT2D eigenvalue weighted by atomic mass is 9.47. The second kappa shape index (κ2) is 16.5. The summed E-state index contributed by atoms with van der Waals surface area (Å²) >= 11 is 0. The van der Waals surface area contributed by atoms with Crippen LogP contribution in [-0.2, 0) is 37.9 Å². The van der Waals surface area contributed by atoms with Crippen LogP contribution in [-0.4, -0.2) is 165 Å². The van der Waals surface area contributed by atoms with E-state index < -0.39 is 105 Å². The van der Waals surface area contributed by atoms with Crippen LogP contribution in [0.3, 0.4) is 0 Å². The maximum absolute atomic E-state index is 11.9. The molecular weight excluding hydrogens is 784 g/mol. The van der Waals surface area contributed by atoms with Crippen LogP contribution >= 0.6 is 0 Å². The van der Waals surface area contributed by atoms with E-state index in [0.29, 0.717) is 48.3 Å². The maximum atomic E-state index is 11.9. The van der Waals surface area contributed by atoms with E-state index in [-0.39, 0.29) is 23.0 Å². The van der Waals surface area contributed by atoms with Crippen LogP contribution in [0.4, 0.5) is 0 Å². The standard InChI is InChI=1S/C44H70O16/c1-19-8-13-44(53-18-19)20(2)30-27(60-44)15-26-24-7-6-22-14-23(9-11-42(22,4)25(24)10-12-43(26,30)5)55-41-38(59-39-35(51)33(49)31(47)21(3)54-39)36(52)37(29(17-46)57-41)58-40-34(50)32(48)28(16-45)56-40/h6,19-21,23-41,45-52H,7-18H2,1-5H3/t19-,20-,21-,23-,24+,25-,26+,27-,28-,29+,30-,31-,32-,33+,34+,35+,36-,37+,38+,39-,40-,41+,42-,43-,44+/m0/s1. The van der Waals surface area contributed by atoms with Crippen LogP contribution in [0.2, 0.25) is 0 Å². The number of rotatable bonds is 8. The molecule has 342 valence electrons. The van der Waals surface area contributed by atoms with E-state index in [1.807, 2.05) is 0 Å². The minimum atomic E-state index is -1.70. The van der Waals surface area contributed by atoms with Gasteiger partial charge in [0.15, 0.2) is 24.7 Å². The Labute approximate surface area is 352 Å². The van der Waals surface area contributed by atoms with Gasteiger partial charge in [0.05, 0.1) is 38.1 Å². The van der Waals surface area contributed by atoms with Crippen LogP contribution in [0, 0.1) is 46.3 Å². The van der Waals surface area contributed by atoms with Gasteiger partial charge in [0.25, 0.3) is 0 Å². The Bertz CT molecular complexity index is 1560. The normalized spacial score (nSPS) is 57.7. The molecule has 1 spiro atoms. The number of hydrogen-bond donors (Lipinski definition) is 8. The second-order valence-corrected chi connectivity index (χ2v) is 20.6. The third-order valence-electron chi connectivity index (χ3n) is 17.3. The Hall–Kier alpha value is -0.900. The highest BCUT2D eigenvalue weighted by Gasteiger charge is 2.69. The first-order valence-electron chi connectivity index (χ1n) is 22.8. The van der Waals surface area contributed by atoms with Gasteiger partial charge in [-0.25, -0.2) is 0 Å². The van der Waals surface area contributed by atoms with E-state index in [1.165, 1.54) is 18.9 Å². The molecule has 0 aromatic rings. The van der Waals surface area contributed by atoms with E-state index in [4.69, 9.17) is 37.9 Å². The van der Waals surface area contributed by atoms with Crippen LogP contribution in [0.15, 0.2) is 11.6 Å². The molecular formula is C44H70O16. The number of hydrogen-bond acceptors (Lipinski definition) is 16. The fourth-order valence-electron chi connectivity index (χ4n) is 13.8. The van der Waals surface area contributed by atoms with Gasteiger partial charge >= 0.3 is 0 Å². The lowest BCUT2D eigenvalue weighted by molar-refractivity contribution is -0.380. The Morgan fingerprint density at radius 1 is 0.700 bits per heavy atom. The van der Waals surface area contributed by atoms with Crippen molar-refractivity contribution in [3.05, 3.63) is 11.6 Å². The third kappa shape index (κ3) is 7.10. The van der Waals surface area contributed by atoms with Gasteiger partial charge < -0.3 is 78.7 Å². The summed E-state index contributed by atoms with van der Waals surface area (Å²) in [6.07, 6.45) is -8.79. The molecule has 0 radical (unpaired) electrons. The molecule has 9 rings (SSSR count). The first kappa shape index (κ1) is 44.3. The van der Waals surface area contributed by atoms with Crippen molar-refractivity contribution in [1.29, 1.82) is 0 Å². The summed E-state index contributed by atoms with van der Waals surface area (Å²) in [4.78, 5) is 0. The molecule has 0 aromatic carbocycles. The Morgan fingerprint density at radius 3 is 2.10 bits per heavy atom. The minimum absolute atomic E-state index is 0.0141. The lowest BCUT2D eigenvalue weighted by Crippen LogP contribution is -2.65. The largest absolute Gasteiger partial charge is 0.394 e. The molecule has 5 saturated heterocycles. The molecule has 60 heavy (non-hydrogen) atoms. The molecule has 16 heteroatoms. The van der Waals surface area contributed by atoms with E-state index >= 15 is 0 Å². The van der Waals surface area contributed by atoms with Gasteiger partial charge in [-0.05, 0) is 98.7 Å². The van der Waals surface area contributed by atoms with Crippen molar-refractivity contribution < 1.29 is 78.7 Å². The predicted octanol–water partition coefficient (Wildman–Crippen LogP) is 0.853. The van der Waals surface area contributed by atoms with Crippen molar-refractivity contribution >= 4 is 0 Å². The summed E-state index contributed by atoms with van der Waals surface area (Å²) in [5, 5.41) is 84.8. The van der Waals surface area contributed by atoms with Crippen molar-refractivity contribution in [1.82, 2.24) is 0 Å². The number of aliphatic hydroxyl groups excluding tert-OH is 8. The zero-order valence-electron chi connectivity index (χ0n) is 35.6. The SMILES string of the molecule is C[C@H]1CC[C@@]2(OC1)O[C@H]1C[C@@H]3[C@@H]4CC=C5C[C@@H](O[C@@H]6O[C@H](CO)[C@@H](O[C@@H]7O[C@@H](CO)[C@H](O)[C@H]7O)[C@H](O)[C@H]6O[C@@H]6O[C@@H](C)[C@H](O)[C@@H](O)[C@H]6O)CC[C@]5(C)[C@H]4CC[C@]3(C)[C@H]1[C@@H]2C. The second-order valence-electron chi connectivity index (χ2n) is 20.6. The van der Waals surface area contributed by atoms with E-state index in [0.717, 1.165) is 45.1 Å². The molecule has 0 amide bonds. The van der Waals surface area contributed by atoms with Gasteiger partial charge in [0.1, 0.15) is 61.0 Å². The fourth-order valence-corrected chi connectivity index (χ4v) is 13.8. The van der Waals surface area contributed by atoms with E-state index in [9.17, 15) is 40.9 Å². The summed E-state index contributed by atoms with van der Waals surface area (Å²) < 4.78 is 49.9. The molecule has 3 saturated carbocycles. The zero-order valence-corrected chi connectivity index (χ0v) is 35.6. The number of ether oxygens (including phenoxy) is 8. The summed E-state index contributed by atoms with van der Waals surface area (Å²) in [6.45, 7) is 10.7. The molecule has 0 aromatic heterocycles. The molecule has 4 aliphatic carbocycles. The maximum Gasteiger partial charge on any atom is 0.187 e. The molecule has 8 fully saturated rings. The first-order valence-corrected chi connectivity index (χ1v) is 22.8. The fraction of sp³-hybridized carbons (Fsp3) is 0.955. The average Bonchev–Trinajstić information content (AvgIpc) is 3.79. The molecule has 9 aliphatic rings. The Balaban J connectivity index is 0.913.